The molecule has 2 aromatic carbocycles. The standard InChI is InChI=1S/C15H10Cl2O4/c16-10-3-1-9(2-4-10)15(20)12-7-11(17)5-6-13(12)21-8-14(18)19/h1-7H,8H2,(H,18,19). The van der Waals surface area contributed by atoms with Gasteiger partial charge in [-0.05, 0) is 42.5 Å². The van der Waals surface area contributed by atoms with Crippen LogP contribution in [0.1, 0.15) is 15.9 Å². The number of carboxylic acids is 1. The molecule has 0 aliphatic rings. The zero-order chi connectivity index (χ0) is 15.4. The molecule has 0 bridgehead atoms. The van der Waals surface area contributed by atoms with Crippen LogP contribution in [-0.2, 0) is 4.79 Å². The number of ether oxygens (including phenoxy) is 1. The molecule has 0 saturated heterocycles. The highest BCUT2D eigenvalue weighted by molar-refractivity contribution is 6.31. The van der Waals surface area contributed by atoms with E-state index in [0.717, 1.165) is 0 Å². The van der Waals surface area contributed by atoms with Gasteiger partial charge in [-0.3, -0.25) is 4.79 Å². The van der Waals surface area contributed by atoms with Crippen LogP contribution >= 0.6 is 23.2 Å². The number of hydrogen-bond donors (Lipinski definition) is 1. The molecule has 1 N–H and O–H groups in total. The first-order chi connectivity index (χ1) is 9.97. The lowest BCUT2D eigenvalue weighted by molar-refractivity contribution is -0.139. The second-order valence-corrected chi connectivity index (χ2v) is 5.03. The van der Waals surface area contributed by atoms with Crippen molar-refractivity contribution in [1.29, 1.82) is 0 Å². The summed E-state index contributed by atoms with van der Waals surface area (Å²) < 4.78 is 5.11. The van der Waals surface area contributed by atoms with Crippen LogP contribution in [0.4, 0.5) is 0 Å². The van der Waals surface area contributed by atoms with Crippen LogP contribution in [0.25, 0.3) is 0 Å². The van der Waals surface area contributed by atoms with Crippen molar-refractivity contribution in [2.75, 3.05) is 6.61 Å². The van der Waals surface area contributed by atoms with Crippen molar-refractivity contribution in [3.05, 3.63) is 63.6 Å². The maximum atomic E-state index is 12.4. The molecule has 0 radical (unpaired) electrons. The summed E-state index contributed by atoms with van der Waals surface area (Å²) in [5, 5.41) is 9.53. The van der Waals surface area contributed by atoms with Crippen LogP contribution in [-0.4, -0.2) is 23.5 Å². The SMILES string of the molecule is O=C(O)COc1ccc(Cl)cc1C(=O)c1ccc(Cl)cc1. The van der Waals surface area contributed by atoms with E-state index in [-0.39, 0.29) is 17.1 Å². The number of hydrogen-bond acceptors (Lipinski definition) is 3. The number of halogens is 2. The van der Waals surface area contributed by atoms with Gasteiger partial charge in [-0.2, -0.15) is 0 Å². The predicted octanol–water partition coefficient (Wildman–Crippen LogP) is 3.69. The van der Waals surface area contributed by atoms with Crippen molar-refractivity contribution >= 4 is 35.0 Å². The highest BCUT2D eigenvalue weighted by Gasteiger charge is 2.16. The molecule has 4 nitrogen and oxygen atoms in total. The van der Waals surface area contributed by atoms with Crippen molar-refractivity contribution in [2.45, 2.75) is 0 Å². The fourth-order valence-electron chi connectivity index (χ4n) is 1.70. The van der Waals surface area contributed by atoms with Crippen LogP contribution in [0.15, 0.2) is 42.5 Å². The van der Waals surface area contributed by atoms with Crippen molar-refractivity contribution in [1.82, 2.24) is 0 Å². The number of carbonyl (C=O) groups excluding carboxylic acids is 1. The molecular formula is C15H10Cl2O4. The molecule has 0 atom stereocenters. The van der Waals surface area contributed by atoms with Gasteiger partial charge >= 0.3 is 5.97 Å². The summed E-state index contributed by atoms with van der Waals surface area (Å²) in [5.41, 5.74) is 0.605. The van der Waals surface area contributed by atoms with Gasteiger partial charge in [0.05, 0.1) is 5.56 Å². The van der Waals surface area contributed by atoms with E-state index in [2.05, 4.69) is 0 Å². The fourth-order valence-corrected chi connectivity index (χ4v) is 2.00. The smallest absolute Gasteiger partial charge is 0.341 e. The molecule has 21 heavy (non-hydrogen) atoms. The van der Waals surface area contributed by atoms with Gasteiger partial charge in [0.1, 0.15) is 5.75 Å². The van der Waals surface area contributed by atoms with Gasteiger partial charge in [0.15, 0.2) is 12.4 Å². The number of rotatable bonds is 5. The molecule has 0 aliphatic carbocycles. The van der Waals surface area contributed by atoms with Gasteiger partial charge in [0.2, 0.25) is 0 Å². The maximum Gasteiger partial charge on any atom is 0.341 e. The van der Waals surface area contributed by atoms with Crippen molar-refractivity contribution < 1.29 is 19.4 Å². The van der Waals surface area contributed by atoms with Crippen LogP contribution in [0.5, 0.6) is 5.75 Å². The Kier molecular flexibility index (Phi) is 4.83. The number of ketones is 1. The molecule has 108 valence electrons. The molecule has 0 unspecified atom stereocenters. The van der Waals surface area contributed by atoms with Crippen LogP contribution in [0.2, 0.25) is 10.0 Å². The summed E-state index contributed by atoms with van der Waals surface area (Å²) in [4.78, 5) is 23.0. The van der Waals surface area contributed by atoms with Crippen LogP contribution in [0.3, 0.4) is 0 Å². The van der Waals surface area contributed by atoms with E-state index >= 15 is 0 Å². The van der Waals surface area contributed by atoms with Gasteiger partial charge in [0, 0.05) is 15.6 Å². The zero-order valence-electron chi connectivity index (χ0n) is 10.7. The Balaban J connectivity index is 2.36. The van der Waals surface area contributed by atoms with E-state index in [1.54, 1.807) is 24.3 Å². The first-order valence-electron chi connectivity index (χ1n) is 5.92. The van der Waals surface area contributed by atoms with E-state index in [1.807, 2.05) is 0 Å². The third-order valence-electron chi connectivity index (χ3n) is 2.64. The Morgan fingerprint density at radius 3 is 2.24 bits per heavy atom. The minimum Gasteiger partial charge on any atom is -0.481 e. The predicted molar refractivity (Wildman–Crippen MR) is 79.5 cm³/mol. The minimum absolute atomic E-state index is 0.168. The normalized spacial score (nSPS) is 10.2. The lowest BCUT2D eigenvalue weighted by Crippen LogP contribution is -2.12. The minimum atomic E-state index is -1.13. The number of carboxylic acid groups (broad SMARTS) is 1. The summed E-state index contributed by atoms with van der Waals surface area (Å²) in [6, 6.07) is 10.8. The Hall–Kier alpha value is -2.04. The highest BCUT2D eigenvalue weighted by Crippen LogP contribution is 2.26. The molecule has 0 aliphatic heterocycles. The zero-order valence-corrected chi connectivity index (χ0v) is 12.2. The summed E-state index contributed by atoms with van der Waals surface area (Å²) in [6.45, 7) is -0.539. The van der Waals surface area contributed by atoms with Gasteiger partial charge in [-0.1, -0.05) is 23.2 Å². The summed E-state index contributed by atoms with van der Waals surface area (Å²) in [7, 11) is 0. The molecule has 0 fully saturated rings. The molecule has 0 amide bonds. The number of carbonyl (C=O) groups is 2. The van der Waals surface area contributed by atoms with Gasteiger partial charge in [0.25, 0.3) is 0 Å². The van der Waals surface area contributed by atoms with E-state index in [0.29, 0.717) is 15.6 Å². The van der Waals surface area contributed by atoms with Crippen molar-refractivity contribution in [3.63, 3.8) is 0 Å². The molecular weight excluding hydrogens is 315 g/mol. The monoisotopic (exact) mass is 324 g/mol. The lowest BCUT2D eigenvalue weighted by Gasteiger charge is -2.10. The highest BCUT2D eigenvalue weighted by atomic mass is 35.5. The molecule has 0 aromatic heterocycles. The Morgan fingerprint density at radius 2 is 1.62 bits per heavy atom. The average molecular weight is 325 g/mol. The molecule has 0 spiro atoms. The third-order valence-corrected chi connectivity index (χ3v) is 3.13. The van der Waals surface area contributed by atoms with E-state index < -0.39 is 12.6 Å². The summed E-state index contributed by atoms with van der Waals surface area (Å²) >= 11 is 11.7. The summed E-state index contributed by atoms with van der Waals surface area (Å²) in [5.74, 6) is -1.29. The fraction of sp³-hybridized carbons (Fsp3) is 0.0667. The first-order valence-corrected chi connectivity index (χ1v) is 6.67. The largest absolute Gasteiger partial charge is 0.481 e. The molecule has 6 heteroatoms. The molecule has 0 heterocycles. The second kappa shape index (κ2) is 6.61. The van der Waals surface area contributed by atoms with Gasteiger partial charge in [-0.25, -0.2) is 4.79 Å². The van der Waals surface area contributed by atoms with E-state index in [1.165, 1.54) is 18.2 Å². The third kappa shape index (κ3) is 3.97. The molecule has 2 rings (SSSR count). The first kappa shape index (κ1) is 15.4. The Morgan fingerprint density at radius 1 is 1.00 bits per heavy atom. The van der Waals surface area contributed by atoms with Gasteiger partial charge < -0.3 is 9.84 Å². The van der Waals surface area contributed by atoms with Gasteiger partial charge in [-0.15, -0.1) is 0 Å². The van der Waals surface area contributed by atoms with Crippen LogP contribution < -0.4 is 4.74 Å². The van der Waals surface area contributed by atoms with E-state index in [9.17, 15) is 9.59 Å². The molecule has 2 aromatic rings. The lowest BCUT2D eigenvalue weighted by atomic mass is 10.0. The Bertz CT molecular complexity index is 681. The molecule has 0 saturated carbocycles. The van der Waals surface area contributed by atoms with E-state index in [4.69, 9.17) is 33.0 Å². The maximum absolute atomic E-state index is 12.4. The Labute approximate surface area is 130 Å². The number of aliphatic carboxylic acids is 1. The van der Waals surface area contributed by atoms with Crippen molar-refractivity contribution in [2.24, 2.45) is 0 Å². The second-order valence-electron chi connectivity index (χ2n) is 4.16. The average Bonchev–Trinajstić information content (AvgIpc) is 2.46. The summed E-state index contributed by atoms with van der Waals surface area (Å²) in [6.07, 6.45) is 0. The topological polar surface area (TPSA) is 63.6 Å². The quantitative estimate of drug-likeness (QED) is 0.852. The number of benzene rings is 2. The van der Waals surface area contributed by atoms with Crippen molar-refractivity contribution in [3.8, 4) is 5.75 Å². The van der Waals surface area contributed by atoms with Crippen LogP contribution in [0, 0.1) is 0 Å².